The molecule has 162 valence electrons. The lowest BCUT2D eigenvalue weighted by molar-refractivity contribution is -0.122. The molecule has 1 amide bonds. The summed E-state index contributed by atoms with van der Waals surface area (Å²) in [4.78, 5) is 12.6. The van der Waals surface area contributed by atoms with Crippen molar-refractivity contribution in [2.24, 2.45) is 0 Å². The molecule has 2 aromatic carbocycles. The van der Waals surface area contributed by atoms with Gasteiger partial charge >= 0.3 is 0 Å². The third kappa shape index (κ3) is 5.24. The number of methoxy groups -OCH3 is 1. The Morgan fingerprint density at radius 3 is 2.40 bits per heavy atom. The van der Waals surface area contributed by atoms with Crippen LogP contribution in [0.4, 0.5) is 5.69 Å². The van der Waals surface area contributed by atoms with Crippen molar-refractivity contribution in [2.45, 2.75) is 37.2 Å². The quantitative estimate of drug-likeness (QED) is 0.688. The van der Waals surface area contributed by atoms with Crippen LogP contribution in [-0.4, -0.2) is 44.9 Å². The van der Waals surface area contributed by atoms with E-state index in [0.29, 0.717) is 29.5 Å². The highest BCUT2D eigenvalue weighted by molar-refractivity contribution is 7.89. The predicted molar refractivity (Wildman–Crippen MR) is 116 cm³/mol. The van der Waals surface area contributed by atoms with Crippen molar-refractivity contribution in [1.82, 2.24) is 4.31 Å². The van der Waals surface area contributed by atoms with E-state index in [-0.39, 0.29) is 10.6 Å². The second-order valence-corrected chi connectivity index (χ2v) is 9.38. The van der Waals surface area contributed by atoms with Crippen molar-refractivity contribution in [3.63, 3.8) is 0 Å². The van der Waals surface area contributed by atoms with Crippen LogP contribution in [0.3, 0.4) is 0 Å². The molecular formula is C21H25ClN2O5S. The minimum atomic E-state index is -3.72. The number of carbonyl (C=O) groups excluding carboxylic acids is 1. The van der Waals surface area contributed by atoms with Crippen molar-refractivity contribution >= 4 is 33.2 Å². The monoisotopic (exact) mass is 452 g/mol. The number of nitrogens with one attached hydrogen (secondary N) is 1. The summed E-state index contributed by atoms with van der Waals surface area (Å²) < 4.78 is 38.6. The molecule has 0 unspecified atom stereocenters. The number of carbonyl (C=O) groups is 1. The van der Waals surface area contributed by atoms with Crippen LogP contribution < -0.4 is 14.8 Å². The smallest absolute Gasteiger partial charge is 0.265 e. The second-order valence-electron chi connectivity index (χ2n) is 7.03. The molecule has 7 nitrogen and oxygen atoms in total. The van der Waals surface area contributed by atoms with E-state index >= 15 is 0 Å². The van der Waals surface area contributed by atoms with Gasteiger partial charge in [0.15, 0.2) is 6.10 Å². The Bertz CT molecular complexity index is 989. The molecule has 0 aromatic heterocycles. The highest BCUT2D eigenvalue weighted by atomic mass is 35.5. The van der Waals surface area contributed by atoms with Gasteiger partial charge in [0.05, 0.1) is 7.11 Å². The molecule has 1 aliphatic heterocycles. The van der Waals surface area contributed by atoms with Gasteiger partial charge in [0, 0.05) is 23.8 Å². The Hall–Kier alpha value is -2.29. The summed E-state index contributed by atoms with van der Waals surface area (Å²) in [7, 11) is -2.30. The number of benzene rings is 2. The first kappa shape index (κ1) is 22.4. The number of anilines is 1. The highest BCUT2D eigenvalue weighted by Crippen LogP contribution is 2.31. The van der Waals surface area contributed by atoms with Crippen LogP contribution >= 0.6 is 11.6 Å². The Kier molecular flexibility index (Phi) is 7.23. The van der Waals surface area contributed by atoms with E-state index in [1.807, 2.05) is 0 Å². The maximum Gasteiger partial charge on any atom is 0.265 e. The van der Waals surface area contributed by atoms with Crippen LogP contribution in [0.25, 0.3) is 0 Å². The average molecular weight is 453 g/mol. The fourth-order valence-electron chi connectivity index (χ4n) is 3.22. The number of hydrogen-bond acceptors (Lipinski definition) is 5. The lowest BCUT2D eigenvalue weighted by Gasteiger charge is -2.26. The van der Waals surface area contributed by atoms with Crippen molar-refractivity contribution in [1.29, 1.82) is 0 Å². The lowest BCUT2D eigenvalue weighted by atomic mass is 10.2. The van der Waals surface area contributed by atoms with Gasteiger partial charge in [-0.1, -0.05) is 18.0 Å². The molecule has 1 saturated heterocycles. The molecular weight excluding hydrogens is 428 g/mol. The van der Waals surface area contributed by atoms with Crippen molar-refractivity contribution in [2.75, 3.05) is 25.5 Å². The molecule has 1 aliphatic rings. The van der Waals surface area contributed by atoms with Crippen LogP contribution in [0.2, 0.25) is 5.02 Å². The molecule has 0 radical (unpaired) electrons. The van der Waals surface area contributed by atoms with E-state index in [4.69, 9.17) is 21.1 Å². The Labute approximate surface area is 182 Å². The fraction of sp³-hybridized carbons (Fsp3) is 0.381. The van der Waals surface area contributed by atoms with Gasteiger partial charge in [0.1, 0.15) is 16.4 Å². The van der Waals surface area contributed by atoms with E-state index in [1.54, 1.807) is 37.3 Å². The topological polar surface area (TPSA) is 84.9 Å². The standard InChI is InChI=1S/C21H25ClN2O5S/c1-15(29-18-9-6-16(22)7-10-18)21(25)23-17-8-11-19(28-2)20(14-17)30(26,27)24-12-4-3-5-13-24/h6-11,14-15H,3-5,12-13H2,1-2H3,(H,23,25)/t15-/m1/s1. The van der Waals surface area contributed by atoms with Gasteiger partial charge in [-0.2, -0.15) is 4.31 Å². The van der Waals surface area contributed by atoms with Gasteiger partial charge in [-0.25, -0.2) is 8.42 Å². The normalized spacial score (nSPS) is 16.0. The number of hydrogen-bond donors (Lipinski definition) is 1. The van der Waals surface area contributed by atoms with Crippen LogP contribution in [0.5, 0.6) is 11.5 Å². The predicted octanol–water partition coefficient (Wildman–Crippen LogP) is 3.93. The Morgan fingerprint density at radius 2 is 1.77 bits per heavy atom. The zero-order valence-electron chi connectivity index (χ0n) is 16.9. The largest absolute Gasteiger partial charge is 0.495 e. The van der Waals surface area contributed by atoms with Crippen molar-refractivity contribution in [3.05, 3.63) is 47.5 Å². The molecule has 1 N–H and O–H groups in total. The number of ether oxygens (including phenoxy) is 2. The molecule has 2 aromatic rings. The summed E-state index contributed by atoms with van der Waals surface area (Å²) in [5.41, 5.74) is 0.350. The van der Waals surface area contributed by atoms with Crippen molar-refractivity contribution < 1.29 is 22.7 Å². The number of piperidine rings is 1. The SMILES string of the molecule is COc1ccc(NC(=O)[C@@H](C)Oc2ccc(Cl)cc2)cc1S(=O)(=O)N1CCCCC1. The molecule has 1 heterocycles. The van der Waals surface area contributed by atoms with Gasteiger partial charge in [0.2, 0.25) is 10.0 Å². The number of sulfonamides is 1. The summed E-state index contributed by atoms with van der Waals surface area (Å²) in [6.07, 6.45) is 1.88. The summed E-state index contributed by atoms with van der Waals surface area (Å²) >= 11 is 5.85. The van der Waals surface area contributed by atoms with Gasteiger partial charge in [-0.3, -0.25) is 4.79 Å². The van der Waals surface area contributed by atoms with Crippen LogP contribution in [0, 0.1) is 0 Å². The maximum atomic E-state index is 13.1. The van der Waals surface area contributed by atoms with Gasteiger partial charge in [-0.05, 0) is 62.2 Å². The molecule has 9 heteroatoms. The third-order valence-electron chi connectivity index (χ3n) is 4.86. The average Bonchev–Trinajstić information content (AvgIpc) is 2.75. The number of halogens is 1. The lowest BCUT2D eigenvalue weighted by Crippen LogP contribution is -2.36. The molecule has 0 spiro atoms. The minimum absolute atomic E-state index is 0.0379. The van der Waals surface area contributed by atoms with Crippen LogP contribution in [0.1, 0.15) is 26.2 Å². The van der Waals surface area contributed by atoms with E-state index in [2.05, 4.69) is 5.32 Å². The molecule has 1 atom stereocenters. The minimum Gasteiger partial charge on any atom is -0.495 e. The van der Waals surface area contributed by atoms with E-state index in [9.17, 15) is 13.2 Å². The summed E-state index contributed by atoms with van der Waals surface area (Å²) in [6, 6.07) is 11.2. The van der Waals surface area contributed by atoms with Gasteiger partial charge in [0.25, 0.3) is 5.91 Å². The van der Waals surface area contributed by atoms with E-state index in [0.717, 1.165) is 19.3 Å². The van der Waals surface area contributed by atoms with Gasteiger partial charge in [-0.15, -0.1) is 0 Å². The molecule has 0 saturated carbocycles. The summed E-state index contributed by atoms with van der Waals surface area (Å²) in [5.74, 6) is 0.339. The first-order valence-electron chi connectivity index (χ1n) is 9.72. The molecule has 1 fully saturated rings. The maximum absolute atomic E-state index is 13.1. The first-order valence-corrected chi connectivity index (χ1v) is 11.5. The molecule has 3 rings (SSSR count). The Balaban J connectivity index is 1.77. The van der Waals surface area contributed by atoms with Crippen LogP contribution in [0.15, 0.2) is 47.4 Å². The van der Waals surface area contributed by atoms with Crippen LogP contribution in [-0.2, 0) is 14.8 Å². The first-order chi connectivity index (χ1) is 14.3. The number of rotatable bonds is 7. The summed E-state index contributed by atoms with van der Waals surface area (Å²) in [5, 5.41) is 3.28. The molecule has 30 heavy (non-hydrogen) atoms. The van der Waals surface area contributed by atoms with Crippen molar-refractivity contribution in [3.8, 4) is 11.5 Å². The highest BCUT2D eigenvalue weighted by Gasteiger charge is 2.29. The van der Waals surface area contributed by atoms with Gasteiger partial charge < -0.3 is 14.8 Å². The zero-order valence-corrected chi connectivity index (χ0v) is 18.5. The number of nitrogens with zero attached hydrogens (tertiary/aromatic N) is 1. The molecule has 0 aliphatic carbocycles. The molecule has 0 bridgehead atoms. The third-order valence-corrected chi connectivity index (χ3v) is 7.03. The second kappa shape index (κ2) is 9.68. The Morgan fingerprint density at radius 1 is 1.10 bits per heavy atom. The fourth-order valence-corrected chi connectivity index (χ4v) is 5.04. The zero-order chi connectivity index (χ0) is 21.7. The van der Waals surface area contributed by atoms with E-state index < -0.39 is 22.0 Å². The summed E-state index contributed by atoms with van der Waals surface area (Å²) in [6.45, 7) is 2.57. The number of amides is 1. The van der Waals surface area contributed by atoms with E-state index in [1.165, 1.54) is 23.5 Å².